The van der Waals surface area contributed by atoms with Crippen molar-refractivity contribution in [2.24, 2.45) is 34.5 Å². The molecule has 0 radical (unpaired) electrons. The molecule has 6 atom stereocenters. The van der Waals surface area contributed by atoms with Gasteiger partial charge in [-0.1, -0.05) is 6.42 Å². The van der Waals surface area contributed by atoms with Crippen LogP contribution >= 0.6 is 0 Å². The molecule has 0 aromatic carbocycles. The number of fused-ring (bicyclic) bond motifs is 5. The van der Waals surface area contributed by atoms with Crippen molar-refractivity contribution in [2.75, 3.05) is 14.2 Å². The van der Waals surface area contributed by atoms with Crippen molar-refractivity contribution in [3.05, 3.63) is 0 Å². The molecular weight excluding hydrogens is 332 g/mol. The van der Waals surface area contributed by atoms with Crippen LogP contribution in [0.3, 0.4) is 0 Å². The highest BCUT2D eigenvalue weighted by atomic mass is 16.5. The van der Waals surface area contributed by atoms with E-state index in [4.69, 9.17) is 9.47 Å². The SMILES string of the molecule is COC(=O)[C@]12CCC[C@H]1[C@@H]1CC[C@H]3C(=O)CCC[C@@]3(C(=O)OC)[C@@H]1CC2. The van der Waals surface area contributed by atoms with Crippen LogP contribution in [-0.2, 0) is 23.9 Å². The van der Waals surface area contributed by atoms with Crippen LogP contribution in [-0.4, -0.2) is 31.9 Å². The molecule has 0 saturated heterocycles. The number of carbonyl (C=O) groups excluding carboxylic acids is 3. The monoisotopic (exact) mass is 362 g/mol. The minimum absolute atomic E-state index is 0.0626. The maximum atomic E-state index is 13.0. The Morgan fingerprint density at radius 1 is 0.885 bits per heavy atom. The van der Waals surface area contributed by atoms with Crippen molar-refractivity contribution in [2.45, 2.75) is 64.2 Å². The van der Waals surface area contributed by atoms with Crippen molar-refractivity contribution in [1.29, 1.82) is 0 Å². The molecule has 4 saturated carbocycles. The zero-order valence-electron chi connectivity index (χ0n) is 15.9. The number of ether oxygens (including phenoxy) is 2. The number of hydrogen-bond donors (Lipinski definition) is 0. The third-order valence-electron chi connectivity index (χ3n) is 8.41. The molecular formula is C21H30O5. The molecule has 0 aromatic heterocycles. The summed E-state index contributed by atoms with van der Waals surface area (Å²) in [5.41, 5.74) is -1.02. The number of methoxy groups -OCH3 is 2. The van der Waals surface area contributed by atoms with Gasteiger partial charge in [0, 0.05) is 12.3 Å². The Bertz CT molecular complexity index is 628. The molecule has 5 heteroatoms. The van der Waals surface area contributed by atoms with Crippen LogP contribution in [0.25, 0.3) is 0 Å². The van der Waals surface area contributed by atoms with Crippen molar-refractivity contribution in [3.63, 3.8) is 0 Å². The lowest BCUT2D eigenvalue weighted by Gasteiger charge is -2.58. The summed E-state index contributed by atoms with van der Waals surface area (Å²) in [5.74, 6) is 0.591. The first kappa shape index (κ1) is 18.0. The van der Waals surface area contributed by atoms with Gasteiger partial charge in [-0.05, 0) is 69.1 Å². The first-order valence-electron chi connectivity index (χ1n) is 10.2. The summed E-state index contributed by atoms with van der Waals surface area (Å²) in [4.78, 5) is 38.4. The predicted octanol–water partition coefficient (Wildman–Crippen LogP) is 3.29. The maximum Gasteiger partial charge on any atom is 0.312 e. The Morgan fingerprint density at radius 2 is 1.65 bits per heavy atom. The van der Waals surface area contributed by atoms with Crippen LogP contribution in [0.15, 0.2) is 0 Å². The average molecular weight is 362 g/mol. The molecule has 0 bridgehead atoms. The number of rotatable bonds is 2. The third-order valence-corrected chi connectivity index (χ3v) is 8.41. The fraction of sp³-hybridized carbons (Fsp3) is 0.857. The van der Waals surface area contributed by atoms with Crippen LogP contribution in [0.5, 0.6) is 0 Å². The van der Waals surface area contributed by atoms with E-state index in [2.05, 4.69) is 0 Å². The molecule has 0 aromatic rings. The molecule has 4 aliphatic carbocycles. The summed E-state index contributed by atoms with van der Waals surface area (Å²) in [6.07, 6.45) is 8.45. The van der Waals surface area contributed by atoms with Gasteiger partial charge in [0.1, 0.15) is 5.78 Å². The molecule has 0 amide bonds. The number of esters is 2. The lowest BCUT2D eigenvalue weighted by atomic mass is 9.44. The molecule has 4 fully saturated rings. The van der Waals surface area contributed by atoms with Crippen LogP contribution in [0.1, 0.15) is 64.2 Å². The zero-order valence-corrected chi connectivity index (χ0v) is 15.9. The van der Waals surface area contributed by atoms with Gasteiger partial charge in [-0.15, -0.1) is 0 Å². The zero-order chi connectivity index (χ0) is 18.5. The minimum Gasteiger partial charge on any atom is -0.469 e. The van der Waals surface area contributed by atoms with Gasteiger partial charge in [-0.2, -0.15) is 0 Å². The lowest BCUT2D eigenvalue weighted by molar-refractivity contribution is -0.188. The Labute approximate surface area is 155 Å². The topological polar surface area (TPSA) is 69.7 Å². The highest BCUT2D eigenvalue weighted by molar-refractivity contribution is 5.91. The molecule has 0 unspecified atom stereocenters. The van der Waals surface area contributed by atoms with Crippen molar-refractivity contribution in [1.82, 2.24) is 0 Å². The highest BCUT2D eigenvalue weighted by Gasteiger charge is 2.66. The van der Waals surface area contributed by atoms with E-state index in [0.29, 0.717) is 12.3 Å². The molecule has 4 aliphatic rings. The quantitative estimate of drug-likeness (QED) is 0.705. The van der Waals surface area contributed by atoms with Crippen LogP contribution in [0, 0.1) is 34.5 Å². The summed E-state index contributed by atoms with van der Waals surface area (Å²) >= 11 is 0. The standard InChI is InChI=1S/C21H30O5/c1-25-18(23)20-10-3-5-14(20)13-7-8-16-17(22)6-4-11-21(16,19(24)26-2)15(13)9-12-20/h13-16H,3-12H2,1-2H3/t13-,14-,15+,16-,20-,21+/m0/s1. The van der Waals surface area contributed by atoms with E-state index < -0.39 is 5.41 Å². The maximum absolute atomic E-state index is 13.0. The summed E-state index contributed by atoms with van der Waals surface area (Å²) in [6.45, 7) is 0. The molecule has 26 heavy (non-hydrogen) atoms. The van der Waals surface area contributed by atoms with E-state index in [1.807, 2.05) is 0 Å². The molecule has 0 heterocycles. The Kier molecular flexibility index (Phi) is 4.39. The van der Waals surface area contributed by atoms with Gasteiger partial charge in [-0.3, -0.25) is 14.4 Å². The van der Waals surface area contributed by atoms with Crippen molar-refractivity contribution >= 4 is 17.7 Å². The van der Waals surface area contributed by atoms with E-state index in [0.717, 1.165) is 57.8 Å². The van der Waals surface area contributed by atoms with Gasteiger partial charge in [0.25, 0.3) is 0 Å². The number of hydrogen-bond acceptors (Lipinski definition) is 5. The second-order valence-corrected chi connectivity index (χ2v) is 8.94. The van der Waals surface area contributed by atoms with Crippen molar-refractivity contribution < 1.29 is 23.9 Å². The summed E-state index contributed by atoms with van der Waals surface area (Å²) < 4.78 is 10.5. The summed E-state index contributed by atoms with van der Waals surface area (Å²) in [7, 11) is 2.94. The highest BCUT2D eigenvalue weighted by Crippen LogP contribution is 2.66. The number of ketones is 1. The van der Waals surface area contributed by atoms with E-state index in [1.165, 1.54) is 14.2 Å². The molecule has 144 valence electrons. The fourth-order valence-corrected chi connectivity index (χ4v) is 7.54. The molecule has 0 aliphatic heterocycles. The minimum atomic E-state index is -0.655. The fourth-order valence-electron chi connectivity index (χ4n) is 7.54. The molecule has 0 spiro atoms. The first-order valence-corrected chi connectivity index (χ1v) is 10.2. The number of carbonyl (C=O) groups is 3. The molecule has 0 N–H and O–H groups in total. The second kappa shape index (κ2) is 6.35. The molecule has 5 nitrogen and oxygen atoms in total. The lowest BCUT2D eigenvalue weighted by Crippen LogP contribution is -2.60. The number of Topliss-reactive ketones (excluding diaryl/α,β-unsaturated/α-hetero) is 1. The van der Waals surface area contributed by atoms with E-state index >= 15 is 0 Å². The van der Waals surface area contributed by atoms with E-state index in [-0.39, 0.29) is 40.9 Å². The molecule has 4 rings (SSSR count). The van der Waals surface area contributed by atoms with Gasteiger partial charge < -0.3 is 9.47 Å². The summed E-state index contributed by atoms with van der Waals surface area (Å²) in [5, 5.41) is 0. The Hall–Kier alpha value is -1.39. The normalized spacial score (nSPS) is 44.5. The average Bonchev–Trinajstić information content (AvgIpc) is 3.12. The van der Waals surface area contributed by atoms with Crippen molar-refractivity contribution in [3.8, 4) is 0 Å². The summed E-state index contributed by atoms with van der Waals surface area (Å²) in [6, 6.07) is 0. The van der Waals surface area contributed by atoms with Gasteiger partial charge in [0.15, 0.2) is 0 Å². The van der Waals surface area contributed by atoms with Gasteiger partial charge >= 0.3 is 11.9 Å². The largest absolute Gasteiger partial charge is 0.469 e. The Morgan fingerprint density at radius 3 is 2.38 bits per heavy atom. The van der Waals surface area contributed by atoms with Crippen LogP contribution in [0.2, 0.25) is 0 Å². The predicted molar refractivity (Wildman–Crippen MR) is 94.0 cm³/mol. The van der Waals surface area contributed by atoms with E-state index in [9.17, 15) is 14.4 Å². The van der Waals surface area contributed by atoms with Crippen LogP contribution < -0.4 is 0 Å². The first-order chi connectivity index (χ1) is 12.5. The van der Waals surface area contributed by atoms with E-state index in [1.54, 1.807) is 0 Å². The van der Waals surface area contributed by atoms with Gasteiger partial charge in [0.2, 0.25) is 0 Å². The van der Waals surface area contributed by atoms with Crippen LogP contribution in [0.4, 0.5) is 0 Å². The second-order valence-electron chi connectivity index (χ2n) is 8.94. The van der Waals surface area contributed by atoms with Gasteiger partial charge in [0.05, 0.1) is 25.0 Å². The van der Waals surface area contributed by atoms with Gasteiger partial charge in [-0.25, -0.2) is 0 Å². The third kappa shape index (κ3) is 2.18. The smallest absolute Gasteiger partial charge is 0.312 e. The Balaban J connectivity index is 1.74.